The normalized spacial score (nSPS) is 22.4. The van der Waals surface area contributed by atoms with Crippen LogP contribution in [0.4, 0.5) is 0 Å². The summed E-state index contributed by atoms with van der Waals surface area (Å²) in [4.78, 5) is 0. The van der Waals surface area contributed by atoms with E-state index in [0.717, 1.165) is 28.3 Å². The molecule has 17 heavy (non-hydrogen) atoms. The molecule has 0 heterocycles. The van der Waals surface area contributed by atoms with E-state index in [1.54, 1.807) is 0 Å². The van der Waals surface area contributed by atoms with Crippen molar-refractivity contribution < 1.29 is 5.11 Å². The van der Waals surface area contributed by atoms with Gasteiger partial charge in [-0.25, -0.2) is 0 Å². The number of rotatable bonds is 2. The summed E-state index contributed by atoms with van der Waals surface area (Å²) >= 11 is 0. The number of aliphatic hydroxyl groups excluding tert-OH is 1. The average molecular weight is 223 g/mol. The number of nitriles is 1. The van der Waals surface area contributed by atoms with Crippen molar-refractivity contribution in [2.75, 3.05) is 0 Å². The molecular formula is C15H13NO. The predicted octanol–water partition coefficient (Wildman–Crippen LogP) is 2.96. The van der Waals surface area contributed by atoms with Crippen LogP contribution in [0.15, 0.2) is 36.4 Å². The van der Waals surface area contributed by atoms with E-state index in [9.17, 15) is 5.11 Å². The van der Waals surface area contributed by atoms with Gasteiger partial charge < -0.3 is 5.11 Å². The molecule has 2 atom stereocenters. The third-order valence-corrected chi connectivity index (χ3v) is 3.59. The van der Waals surface area contributed by atoms with Crippen molar-refractivity contribution in [1.29, 1.82) is 5.26 Å². The first-order valence-electron chi connectivity index (χ1n) is 5.86. The lowest BCUT2D eigenvalue weighted by molar-refractivity contribution is 0.282. The largest absolute Gasteiger partial charge is 0.392 e. The van der Waals surface area contributed by atoms with E-state index in [0.29, 0.717) is 5.92 Å². The molecule has 1 saturated carbocycles. The topological polar surface area (TPSA) is 44.0 Å². The quantitative estimate of drug-likeness (QED) is 0.850. The molecule has 2 unspecified atom stereocenters. The molecule has 0 spiro atoms. The summed E-state index contributed by atoms with van der Waals surface area (Å²) in [7, 11) is 0. The molecule has 0 aliphatic heterocycles. The van der Waals surface area contributed by atoms with Gasteiger partial charge in [0.1, 0.15) is 0 Å². The van der Waals surface area contributed by atoms with Crippen LogP contribution in [0, 0.1) is 17.2 Å². The van der Waals surface area contributed by atoms with Gasteiger partial charge in [-0.1, -0.05) is 36.4 Å². The SMILES string of the molecule is N#CC1CC1c1ccc2ccccc2c1CO. The maximum atomic E-state index is 9.57. The predicted molar refractivity (Wildman–Crippen MR) is 66.3 cm³/mol. The van der Waals surface area contributed by atoms with Crippen LogP contribution >= 0.6 is 0 Å². The van der Waals surface area contributed by atoms with Crippen molar-refractivity contribution in [3.63, 3.8) is 0 Å². The minimum absolute atomic E-state index is 0.0470. The number of fused-ring (bicyclic) bond motifs is 1. The summed E-state index contributed by atoms with van der Waals surface area (Å²) in [5.74, 6) is 0.466. The molecule has 2 aromatic rings. The van der Waals surface area contributed by atoms with Crippen molar-refractivity contribution in [1.82, 2.24) is 0 Å². The third-order valence-electron chi connectivity index (χ3n) is 3.59. The molecule has 0 bridgehead atoms. The highest BCUT2D eigenvalue weighted by Gasteiger charge is 2.39. The molecule has 1 aliphatic rings. The van der Waals surface area contributed by atoms with Crippen molar-refractivity contribution in [3.05, 3.63) is 47.5 Å². The first-order valence-corrected chi connectivity index (χ1v) is 5.86. The Morgan fingerprint density at radius 3 is 2.76 bits per heavy atom. The molecule has 0 saturated heterocycles. The van der Waals surface area contributed by atoms with Crippen LogP contribution < -0.4 is 0 Å². The van der Waals surface area contributed by atoms with E-state index in [4.69, 9.17) is 5.26 Å². The molecule has 84 valence electrons. The Hall–Kier alpha value is -1.85. The summed E-state index contributed by atoms with van der Waals surface area (Å²) in [6.07, 6.45) is 0.932. The molecular weight excluding hydrogens is 210 g/mol. The number of hydrogen-bond acceptors (Lipinski definition) is 2. The molecule has 0 aromatic heterocycles. The minimum atomic E-state index is 0.0470. The van der Waals surface area contributed by atoms with E-state index in [-0.39, 0.29) is 12.5 Å². The monoisotopic (exact) mass is 223 g/mol. The lowest BCUT2D eigenvalue weighted by Crippen LogP contribution is -1.95. The Kier molecular flexibility index (Phi) is 2.35. The van der Waals surface area contributed by atoms with Gasteiger partial charge >= 0.3 is 0 Å². The van der Waals surface area contributed by atoms with Gasteiger partial charge in [0, 0.05) is 5.92 Å². The van der Waals surface area contributed by atoms with E-state index in [2.05, 4.69) is 18.2 Å². The Morgan fingerprint density at radius 1 is 1.24 bits per heavy atom. The molecule has 2 heteroatoms. The van der Waals surface area contributed by atoms with Crippen LogP contribution in [-0.4, -0.2) is 5.11 Å². The molecule has 2 nitrogen and oxygen atoms in total. The number of hydrogen-bond donors (Lipinski definition) is 1. The van der Waals surface area contributed by atoms with E-state index in [1.807, 2.05) is 24.3 Å². The van der Waals surface area contributed by atoms with Crippen LogP contribution in [0.25, 0.3) is 10.8 Å². The smallest absolute Gasteiger partial charge is 0.0690 e. The number of aliphatic hydroxyl groups is 1. The van der Waals surface area contributed by atoms with E-state index >= 15 is 0 Å². The summed E-state index contributed by atoms with van der Waals surface area (Å²) in [5.41, 5.74) is 2.14. The Morgan fingerprint density at radius 2 is 2.06 bits per heavy atom. The minimum Gasteiger partial charge on any atom is -0.392 e. The average Bonchev–Trinajstić information content (AvgIpc) is 3.16. The van der Waals surface area contributed by atoms with Crippen LogP contribution in [0.5, 0.6) is 0 Å². The van der Waals surface area contributed by atoms with Gasteiger partial charge in [-0.15, -0.1) is 0 Å². The number of nitrogens with zero attached hydrogens (tertiary/aromatic N) is 1. The second-order valence-electron chi connectivity index (χ2n) is 4.59. The van der Waals surface area contributed by atoms with Gasteiger partial charge in [-0.05, 0) is 28.3 Å². The fourth-order valence-electron chi connectivity index (χ4n) is 2.56. The maximum absolute atomic E-state index is 9.57. The van der Waals surface area contributed by atoms with Crippen molar-refractivity contribution in [2.45, 2.75) is 18.9 Å². The summed E-state index contributed by atoms with van der Waals surface area (Å²) < 4.78 is 0. The molecule has 1 N–H and O–H groups in total. The van der Waals surface area contributed by atoms with Crippen LogP contribution in [0.2, 0.25) is 0 Å². The van der Waals surface area contributed by atoms with Crippen LogP contribution in [-0.2, 0) is 6.61 Å². The maximum Gasteiger partial charge on any atom is 0.0690 e. The zero-order valence-corrected chi connectivity index (χ0v) is 9.43. The van der Waals surface area contributed by atoms with Crippen LogP contribution in [0.1, 0.15) is 23.5 Å². The van der Waals surface area contributed by atoms with Gasteiger partial charge in [-0.3, -0.25) is 0 Å². The molecule has 0 radical (unpaired) electrons. The zero-order chi connectivity index (χ0) is 11.8. The van der Waals surface area contributed by atoms with Crippen molar-refractivity contribution in [3.8, 4) is 6.07 Å². The summed E-state index contributed by atoms with van der Waals surface area (Å²) in [5, 5.41) is 20.7. The zero-order valence-electron chi connectivity index (χ0n) is 9.43. The van der Waals surface area contributed by atoms with Crippen LogP contribution in [0.3, 0.4) is 0 Å². The summed E-state index contributed by atoms with van der Waals surface area (Å²) in [6.45, 7) is 0.0470. The second-order valence-corrected chi connectivity index (χ2v) is 4.59. The van der Waals surface area contributed by atoms with Gasteiger partial charge in [0.15, 0.2) is 0 Å². The highest BCUT2D eigenvalue weighted by Crippen LogP contribution is 2.48. The molecule has 1 aliphatic carbocycles. The van der Waals surface area contributed by atoms with Gasteiger partial charge in [0.05, 0.1) is 18.6 Å². The highest BCUT2D eigenvalue weighted by molar-refractivity contribution is 5.87. The number of benzene rings is 2. The molecule has 3 rings (SSSR count). The Bertz CT molecular complexity index is 612. The standard InChI is InChI=1S/C15H13NO/c16-8-11-7-14(11)13-6-5-10-3-1-2-4-12(10)15(13)9-17/h1-6,11,14,17H,7,9H2. The lowest BCUT2D eigenvalue weighted by Gasteiger charge is -2.10. The fourth-order valence-corrected chi connectivity index (χ4v) is 2.56. The fraction of sp³-hybridized carbons (Fsp3) is 0.267. The van der Waals surface area contributed by atoms with E-state index < -0.39 is 0 Å². The molecule has 1 fully saturated rings. The molecule has 2 aromatic carbocycles. The van der Waals surface area contributed by atoms with Gasteiger partial charge in [-0.2, -0.15) is 5.26 Å². The first-order chi connectivity index (χ1) is 8.35. The second kappa shape index (κ2) is 3.87. The van der Waals surface area contributed by atoms with E-state index in [1.165, 1.54) is 0 Å². The Balaban J connectivity index is 2.17. The molecule has 0 amide bonds. The highest BCUT2D eigenvalue weighted by atomic mass is 16.3. The third kappa shape index (κ3) is 1.60. The van der Waals surface area contributed by atoms with Gasteiger partial charge in [0.25, 0.3) is 0 Å². The van der Waals surface area contributed by atoms with Crippen molar-refractivity contribution in [2.24, 2.45) is 5.92 Å². The lowest BCUT2D eigenvalue weighted by atomic mass is 9.96. The Labute approximate surface area is 100 Å². The first kappa shape index (κ1) is 10.3. The van der Waals surface area contributed by atoms with Gasteiger partial charge in [0.2, 0.25) is 0 Å². The van der Waals surface area contributed by atoms with Crippen molar-refractivity contribution >= 4 is 10.8 Å². The summed E-state index contributed by atoms with van der Waals surface area (Å²) in [6, 6.07) is 14.5.